The molecule has 0 aromatic heterocycles. The molecule has 20 heavy (non-hydrogen) atoms. The zero-order valence-electron chi connectivity index (χ0n) is 13.2. The molecule has 4 atom stereocenters. The van der Waals surface area contributed by atoms with E-state index in [1.54, 1.807) is 0 Å². The van der Waals surface area contributed by atoms with Crippen LogP contribution in [0.1, 0.15) is 59.8 Å². The van der Waals surface area contributed by atoms with Gasteiger partial charge in [-0.2, -0.15) is 0 Å². The van der Waals surface area contributed by atoms with Gasteiger partial charge < -0.3 is 10.4 Å². The standard InChI is InChI=1S/C16H29NO3/c1-10(2)13-6-5-11(3)7-14(13)17-15(18)8-12(4)9-16(19)20/h10-14H,5-9H2,1-4H3,(H,17,18)(H,19,20). The third-order valence-electron chi connectivity index (χ3n) is 4.43. The number of hydrogen-bond donors (Lipinski definition) is 2. The average Bonchev–Trinajstić information content (AvgIpc) is 2.26. The maximum Gasteiger partial charge on any atom is 0.303 e. The molecular weight excluding hydrogens is 254 g/mol. The van der Waals surface area contributed by atoms with Gasteiger partial charge in [0.25, 0.3) is 0 Å². The van der Waals surface area contributed by atoms with Gasteiger partial charge in [0.05, 0.1) is 0 Å². The summed E-state index contributed by atoms with van der Waals surface area (Å²) < 4.78 is 0. The Balaban J connectivity index is 2.50. The molecule has 2 N–H and O–H groups in total. The molecule has 0 aromatic carbocycles. The molecule has 0 heterocycles. The number of rotatable bonds is 6. The van der Waals surface area contributed by atoms with E-state index in [1.165, 1.54) is 12.8 Å². The molecule has 1 rings (SSSR count). The van der Waals surface area contributed by atoms with Gasteiger partial charge in [-0.1, -0.05) is 34.1 Å². The van der Waals surface area contributed by atoms with Gasteiger partial charge in [-0.05, 0) is 36.5 Å². The van der Waals surface area contributed by atoms with E-state index in [4.69, 9.17) is 5.11 Å². The second-order valence-corrected chi connectivity index (χ2v) is 6.91. The van der Waals surface area contributed by atoms with Crippen molar-refractivity contribution in [2.24, 2.45) is 23.7 Å². The van der Waals surface area contributed by atoms with Gasteiger partial charge in [-0.25, -0.2) is 0 Å². The summed E-state index contributed by atoms with van der Waals surface area (Å²) in [6, 6.07) is 0.253. The van der Waals surface area contributed by atoms with Crippen LogP contribution in [-0.4, -0.2) is 23.0 Å². The molecule has 0 spiro atoms. The fraction of sp³-hybridized carbons (Fsp3) is 0.875. The van der Waals surface area contributed by atoms with E-state index in [0.29, 0.717) is 24.2 Å². The van der Waals surface area contributed by atoms with Gasteiger partial charge >= 0.3 is 5.97 Å². The molecule has 4 nitrogen and oxygen atoms in total. The highest BCUT2D eigenvalue weighted by molar-refractivity contribution is 5.77. The lowest BCUT2D eigenvalue weighted by molar-refractivity contribution is -0.138. The van der Waals surface area contributed by atoms with E-state index in [0.717, 1.165) is 6.42 Å². The van der Waals surface area contributed by atoms with Crippen LogP contribution in [0.2, 0.25) is 0 Å². The van der Waals surface area contributed by atoms with E-state index in [1.807, 2.05) is 6.92 Å². The van der Waals surface area contributed by atoms with E-state index in [9.17, 15) is 9.59 Å². The van der Waals surface area contributed by atoms with Crippen LogP contribution in [0.4, 0.5) is 0 Å². The van der Waals surface area contributed by atoms with Crippen molar-refractivity contribution < 1.29 is 14.7 Å². The third kappa shape index (κ3) is 5.51. The van der Waals surface area contributed by atoms with Crippen molar-refractivity contribution in [2.45, 2.75) is 65.8 Å². The molecule has 1 amide bonds. The summed E-state index contributed by atoms with van der Waals surface area (Å²) in [5.41, 5.74) is 0. The number of carbonyl (C=O) groups excluding carboxylic acids is 1. The van der Waals surface area contributed by atoms with Crippen LogP contribution >= 0.6 is 0 Å². The van der Waals surface area contributed by atoms with Gasteiger partial charge in [-0.3, -0.25) is 9.59 Å². The predicted octanol–water partition coefficient (Wildman–Crippen LogP) is 3.06. The van der Waals surface area contributed by atoms with Crippen LogP contribution in [0.15, 0.2) is 0 Å². The third-order valence-corrected chi connectivity index (χ3v) is 4.43. The van der Waals surface area contributed by atoms with Crippen LogP contribution in [0.3, 0.4) is 0 Å². The Bertz CT molecular complexity index is 341. The second kappa shape index (κ2) is 7.65. The number of aliphatic carboxylic acids is 1. The highest BCUT2D eigenvalue weighted by Gasteiger charge is 2.31. The summed E-state index contributed by atoms with van der Waals surface area (Å²) in [4.78, 5) is 22.7. The first-order valence-electron chi connectivity index (χ1n) is 7.80. The average molecular weight is 283 g/mol. The lowest BCUT2D eigenvalue weighted by atomic mass is 9.74. The number of amides is 1. The smallest absolute Gasteiger partial charge is 0.303 e. The molecule has 116 valence electrons. The minimum atomic E-state index is -0.836. The summed E-state index contributed by atoms with van der Waals surface area (Å²) in [7, 11) is 0. The minimum absolute atomic E-state index is 0.00324. The molecule has 0 saturated heterocycles. The summed E-state index contributed by atoms with van der Waals surface area (Å²) >= 11 is 0. The van der Waals surface area contributed by atoms with Gasteiger partial charge in [0.1, 0.15) is 0 Å². The first-order chi connectivity index (χ1) is 9.29. The fourth-order valence-corrected chi connectivity index (χ4v) is 3.32. The molecular formula is C16H29NO3. The van der Waals surface area contributed by atoms with Crippen LogP contribution < -0.4 is 5.32 Å². The van der Waals surface area contributed by atoms with Crippen molar-refractivity contribution in [3.63, 3.8) is 0 Å². The van der Waals surface area contributed by atoms with Crippen LogP contribution in [0.25, 0.3) is 0 Å². The molecule has 4 unspecified atom stereocenters. The van der Waals surface area contributed by atoms with E-state index in [2.05, 4.69) is 26.1 Å². The van der Waals surface area contributed by atoms with Crippen molar-refractivity contribution in [3.05, 3.63) is 0 Å². The molecule has 1 saturated carbocycles. The van der Waals surface area contributed by atoms with E-state index < -0.39 is 5.97 Å². The largest absolute Gasteiger partial charge is 0.481 e. The number of hydrogen-bond acceptors (Lipinski definition) is 2. The molecule has 0 radical (unpaired) electrons. The normalized spacial score (nSPS) is 28.1. The Hall–Kier alpha value is -1.06. The highest BCUT2D eigenvalue weighted by Crippen LogP contribution is 2.33. The Kier molecular flexibility index (Phi) is 6.50. The van der Waals surface area contributed by atoms with Crippen molar-refractivity contribution in [1.82, 2.24) is 5.32 Å². The minimum Gasteiger partial charge on any atom is -0.481 e. The first kappa shape index (κ1) is 17.0. The number of carbonyl (C=O) groups is 2. The van der Waals surface area contributed by atoms with Crippen molar-refractivity contribution >= 4 is 11.9 Å². The van der Waals surface area contributed by atoms with Crippen LogP contribution in [-0.2, 0) is 9.59 Å². The van der Waals surface area contributed by atoms with E-state index in [-0.39, 0.29) is 24.3 Å². The Morgan fingerprint density at radius 2 is 1.85 bits per heavy atom. The molecule has 0 aliphatic heterocycles. The molecule has 1 fully saturated rings. The zero-order valence-corrected chi connectivity index (χ0v) is 13.2. The summed E-state index contributed by atoms with van der Waals surface area (Å²) in [6.07, 6.45) is 3.82. The molecule has 0 aromatic rings. The van der Waals surface area contributed by atoms with Gasteiger partial charge in [0.2, 0.25) is 5.91 Å². The summed E-state index contributed by atoms with van der Waals surface area (Å²) in [6.45, 7) is 8.49. The van der Waals surface area contributed by atoms with Crippen molar-refractivity contribution in [1.29, 1.82) is 0 Å². The first-order valence-corrected chi connectivity index (χ1v) is 7.80. The number of carboxylic acid groups (broad SMARTS) is 1. The van der Waals surface area contributed by atoms with Crippen LogP contribution in [0.5, 0.6) is 0 Å². The van der Waals surface area contributed by atoms with Gasteiger partial charge in [0.15, 0.2) is 0 Å². The highest BCUT2D eigenvalue weighted by atomic mass is 16.4. The molecule has 4 heteroatoms. The Labute approximate surface area is 122 Å². The number of nitrogens with one attached hydrogen (secondary N) is 1. The number of carboxylic acids is 1. The topological polar surface area (TPSA) is 66.4 Å². The Morgan fingerprint density at radius 1 is 1.20 bits per heavy atom. The monoisotopic (exact) mass is 283 g/mol. The van der Waals surface area contributed by atoms with Crippen molar-refractivity contribution in [2.75, 3.05) is 0 Å². The van der Waals surface area contributed by atoms with Gasteiger partial charge in [-0.15, -0.1) is 0 Å². The quantitative estimate of drug-likeness (QED) is 0.787. The molecule has 1 aliphatic carbocycles. The predicted molar refractivity (Wildman–Crippen MR) is 79.3 cm³/mol. The fourth-order valence-electron chi connectivity index (χ4n) is 3.32. The summed E-state index contributed by atoms with van der Waals surface area (Å²) in [5, 5.41) is 11.9. The summed E-state index contributed by atoms with van der Waals surface area (Å²) in [5.74, 6) is 0.840. The maximum atomic E-state index is 12.1. The van der Waals surface area contributed by atoms with E-state index >= 15 is 0 Å². The molecule has 0 bridgehead atoms. The second-order valence-electron chi connectivity index (χ2n) is 6.91. The van der Waals surface area contributed by atoms with Gasteiger partial charge in [0, 0.05) is 18.9 Å². The molecule has 1 aliphatic rings. The SMILES string of the molecule is CC(CC(=O)O)CC(=O)NC1CC(C)CCC1C(C)C. The zero-order chi connectivity index (χ0) is 15.3. The lowest BCUT2D eigenvalue weighted by Crippen LogP contribution is -2.45. The lowest BCUT2D eigenvalue weighted by Gasteiger charge is -2.38. The maximum absolute atomic E-state index is 12.1. The van der Waals surface area contributed by atoms with Crippen LogP contribution in [0, 0.1) is 23.7 Å². The Morgan fingerprint density at radius 3 is 2.40 bits per heavy atom. The van der Waals surface area contributed by atoms with Crippen molar-refractivity contribution in [3.8, 4) is 0 Å².